The molecular weight excluding hydrogens is 412 g/mol. The Hall–Kier alpha value is -2.62. The molecule has 1 aliphatic carbocycles. The van der Waals surface area contributed by atoms with Gasteiger partial charge in [0, 0.05) is 24.9 Å². The highest BCUT2D eigenvalue weighted by molar-refractivity contribution is 6.24. The molecule has 3 heterocycles. The molecule has 9 nitrogen and oxygen atoms in total. The first-order chi connectivity index (χ1) is 15.4. The van der Waals surface area contributed by atoms with Crippen LogP contribution in [0.3, 0.4) is 0 Å². The van der Waals surface area contributed by atoms with Gasteiger partial charge in [0.15, 0.2) is 0 Å². The average Bonchev–Trinajstić information content (AvgIpc) is 3.31. The predicted molar refractivity (Wildman–Crippen MR) is 113 cm³/mol. The highest BCUT2D eigenvalue weighted by Crippen LogP contribution is 2.67. The molecule has 170 valence electrons. The van der Waals surface area contributed by atoms with Crippen LogP contribution in [0.25, 0.3) is 0 Å². The van der Waals surface area contributed by atoms with Crippen LogP contribution in [0, 0.1) is 10.8 Å². The van der Waals surface area contributed by atoms with Crippen LogP contribution in [0.2, 0.25) is 0 Å². The largest absolute Gasteiger partial charge is 0.396 e. The first-order valence-corrected chi connectivity index (χ1v) is 11.3. The summed E-state index contributed by atoms with van der Waals surface area (Å²) < 4.78 is 0. The van der Waals surface area contributed by atoms with Gasteiger partial charge in [0.2, 0.25) is 11.8 Å². The lowest BCUT2D eigenvalue weighted by molar-refractivity contribution is -0.136. The topological polar surface area (TPSA) is 128 Å². The molecule has 1 aromatic rings. The predicted octanol–water partition coefficient (Wildman–Crippen LogP) is -0.0704. The van der Waals surface area contributed by atoms with Gasteiger partial charge in [-0.25, -0.2) is 0 Å². The number of rotatable bonds is 6. The molecular formula is C23H28N4O5. The van der Waals surface area contributed by atoms with Gasteiger partial charge in [-0.1, -0.05) is 12.1 Å². The molecule has 1 spiro atoms. The molecule has 9 heteroatoms. The van der Waals surface area contributed by atoms with Crippen molar-refractivity contribution in [2.75, 3.05) is 26.2 Å². The Kier molecular flexibility index (Phi) is 5.15. The van der Waals surface area contributed by atoms with Gasteiger partial charge >= 0.3 is 0 Å². The number of carbonyl (C=O) groups excluding carboxylic acids is 4. The fourth-order valence-electron chi connectivity index (χ4n) is 5.91. The van der Waals surface area contributed by atoms with Crippen molar-refractivity contribution in [2.24, 2.45) is 10.8 Å². The van der Waals surface area contributed by atoms with E-state index in [1.807, 2.05) is 6.07 Å². The van der Waals surface area contributed by atoms with Crippen LogP contribution in [0.5, 0.6) is 0 Å². The summed E-state index contributed by atoms with van der Waals surface area (Å²) >= 11 is 0. The molecule has 3 fully saturated rings. The van der Waals surface area contributed by atoms with Crippen LogP contribution in [0.4, 0.5) is 0 Å². The number of piperidine rings is 2. The fraction of sp³-hybridized carbons (Fsp3) is 0.565. The molecule has 4 N–H and O–H groups in total. The van der Waals surface area contributed by atoms with Gasteiger partial charge in [-0.2, -0.15) is 0 Å². The Balaban J connectivity index is 1.30. The van der Waals surface area contributed by atoms with Crippen molar-refractivity contribution < 1.29 is 24.3 Å². The second-order valence-electron chi connectivity index (χ2n) is 9.54. The van der Waals surface area contributed by atoms with E-state index < -0.39 is 29.7 Å². The maximum Gasteiger partial charge on any atom is 0.262 e. The highest BCUT2D eigenvalue weighted by Gasteiger charge is 2.65. The molecule has 0 radical (unpaired) electrons. The molecule has 3 aliphatic heterocycles. The molecule has 5 rings (SSSR count). The van der Waals surface area contributed by atoms with E-state index in [9.17, 15) is 24.3 Å². The number of aliphatic hydroxyl groups excluding tert-OH is 1. The lowest BCUT2D eigenvalue weighted by atomic mass is 9.85. The Morgan fingerprint density at radius 3 is 2.62 bits per heavy atom. The minimum atomic E-state index is -0.968. The number of amides is 4. The van der Waals surface area contributed by atoms with Crippen molar-refractivity contribution in [1.82, 2.24) is 20.9 Å². The number of hydrogen-bond acceptors (Lipinski definition) is 7. The summed E-state index contributed by atoms with van der Waals surface area (Å²) in [6.45, 7) is 3.11. The summed E-state index contributed by atoms with van der Waals surface area (Å²) in [7, 11) is 0. The monoisotopic (exact) mass is 440 g/mol. The minimum absolute atomic E-state index is 0.0960. The van der Waals surface area contributed by atoms with E-state index in [0.29, 0.717) is 24.2 Å². The van der Waals surface area contributed by atoms with Crippen molar-refractivity contribution in [1.29, 1.82) is 0 Å². The Labute approximate surface area is 185 Å². The Morgan fingerprint density at radius 1 is 1.12 bits per heavy atom. The number of nitrogens with zero attached hydrogens (tertiary/aromatic N) is 1. The van der Waals surface area contributed by atoms with E-state index in [0.717, 1.165) is 37.3 Å². The van der Waals surface area contributed by atoms with Crippen molar-refractivity contribution in [3.8, 4) is 0 Å². The van der Waals surface area contributed by atoms with Gasteiger partial charge in [-0.15, -0.1) is 0 Å². The SMILES string of the molecule is O=C1CCC(N2C(=O)c3cccc(CNCC4(CO)CC45CCNCC5)c3C2=O)C(=O)N1. The second-order valence-corrected chi connectivity index (χ2v) is 9.54. The lowest BCUT2D eigenvalue weighted by Crippen LogP contribution is -2.54. The van der Waals surface area contributed by atoms with Crippen molar-refractivity contribution in [3.63, 3.8) is 0 Å². The van der Waals surface area contributed by atoms with Crippen molar-refractivity contribution in [3.05, 3.63) is 34.9 Å². The maximum atomic E-state index is 13.2. The molecule has 1 aromatic carbocycles. The molecule has 2 unspecified atom stereocenters. The smallest absolute Gasteiger partial charge is 0.262 e. The summed E-state index contributed by atoms with van der Waals surface area (Å²) in [6.07, 6.45) is 3.35. The van der Waals surface area contributed by atoms with E-state index >= 15 is 0 Å². The van der Waals surface area contributed by atoms with E-state index in [2.05, 4.69) is 16.0 Å². The van der Waals surface area contributed by atoms with Crippen molar-refractivity contribution in [2.45, 2.75) is 44.7 Å². The minimum Gasteiger partial charge on any atom is -0.396 e. The van der Waals surface area contributed by atoms with E-state index in [1.54, 1.807) is 12.1 Å². The van der Waals surface area contributed by atoms with Gasteiger partial charge in [-0.05, 0) is 55.8 Å². The highest BCUT2D eigenvalue weighted by atomic mass is 16.3. The van der Waals surface area contributed by atoms with Crippen LogP contribution < -0.4 is 16.0 Å². The van der Waals surface area contributed by atoms with Gasteiger partial charge in [0.05, 0.1) is 17.7 Å². The van der Waals surface area contributed by atoms with Crippen LogP contribution in [-0.4, -0.2) is 65.9 Å². The van der Waals surface area contributed by atoms with E-state index in [4.69, 9.17) is 0 Å². The number of fused-ring (bicyclic) bond motifs is 1. The molecule has 2 saturated heterocycles. The van der Waals surface area contributed by atoms with Gasteiger partial charge in [-0.3, -0.25) is 29.4 Å². The standard InChI is InChI=1S/C23H28N4O5/c28-13-23(11-22(23)6-8-24-9-7-22)12-25-10-14-2-1-3-15-18(14)21(32)27(20(15)31)16-4-5-17(29)26-19(16)30/h1-3,16,24-25,28H,4-13H2,(H,26,29,30). The number of benzene rings is 1. The van der Waals surface area contributed by atoms with Crippen LogP contribution >= 0.6 is 0 Å². The van der Waals surface area contributed by atoms with Crippen LogP contribution in [0.15, 0.2) is 18.2 Å². The molecule has 4 amide bonds. The third-order valence-corrected chi connectivity index (χ3v) is 7.87. The van der Waals surface area contributed by atoms with Gasteiger partial charge in [0.1, 0.15) is 6.04 Å². The molecule has 4 aliphatic rings. The molecule has 2 atom stereocenters. The number of imide groups is 2. The first-order valence-electron chi connectivity index (χ1n) is 11.3. The summed E-state index contributed by atoms with van der Waals surface area (Å²) in [5.41, 5.74) is 1.36. The molecule has 0 bridgehead atoms. The lowest BCUT2D eigenvalue weighted by Gasteiger charge is -2.29. The first kappa shape index (κ1) is 21.2. The van der Waals surface area contributed by atoms with Crippen LogP contribution in [0.1, 0.15) is 58.4 Å². The molecule has 0 aromatic heterocycles. The molecule has 1 saturated carbocycles. The number of carbonyl (C=O) groups is 4. The Bertz CT molecular complexity index is 1000. The summed E-state index contributed by atoms with van der Waals surface area (Å²) in [5, 5.41) is 19.1. The maximum absolute atomic E-state index is 13.2. The summed E-state index contributed by atoms with van der Waals surface area (Å²) in [5.74, 6) is -1.99. The summed E-state index contributed by atoms with van der Waals surface area (Å²) in [4.78, 5) is 50.9. The zero-order valence-electron chi connectivity index (χ0n) is 17.9. The van der Waals surface area contributed by atoms with Crippen molar-refractivity contribution >= 4 is 23.6 Å². The second kappa shape index (κ2) is 7.75. The normalized spacial score (nSPS) is 28.8. The fourth-order valence-corrected chi connectivity index (χ4v) is 5.91. The Morgan fingerprint density at radius 2 is 1.91 bits per heavy atom. The quantitative estimate of drug-likeness (QED) is 0.456. The molecule has 32 heavy (non-hydrogen) atoms. The van der Waals surface area contributed by atoms with E-state index in [1.165, 1.54) is 0 Å². The van der Waals surface area contributed by atoms with Crippen LogP contribution in [-0.2, 0) is 16.1 Å². The summed E-state index contributed by atoms with van der Waals surface area (Å²) in [6, 6.07) is 4.18. The third kappa shape index (κ3) is 3.18. The zero-order valence-corrected chi connectivity index (χ0v) is 17.9. The third-order valence-electron chi connectivity index (χ3n) is 7.87. The van der Waals surface area contributed by atoms with Gasteiger partial charge < -0.3 is 15.7 Å². The number of aliphatic hydroxyl groups is 1. The van der Waals surface area contributed by atoms with Gasteiger partial charge in [0.25, 0.3) is 11.8 Å². The number of hydrogen-bond donors (Lipinski definition) is 4. The van der Waals surface area contributed by atoms with E-state index in [-0.39, 0.29) is 35.8 Å². The zero-order chi connectivity index (χ0) is 22.5. The average molecular weight is 441 g/mol. The number of nitrogens with one attached hydrogen (secondary N) is 3.